The Balaban J connectivity index is 1.92. The number of fused-ring (bicyclic) bond motifs is 6. The Morgan fingerprint density at radius 1 is 0.783 bits per heavy atom. The summed E-state index contributed by atoms with van der Waals surface area (Å²) in [6.45, 7) is 4.65. The van der Waals surface area contributed by atoms with Crippen molar-refractivity contribution in [1.29, 1.82) is 0 Å². The minimum Gasteiger partial charge on any atom is -0.354 e. The van der Waals surface area contributed by atoms with E-state index in [0.29, 0.717) is 0 Å². The molecule has 2 heteroatoms. The Morgan fingerprint density at radius 2 is 1.57 bits per heavy atom. The van der Waals surface area contributed by atoms with Gasteiger partial charge in [0.2, 0.25) is 0 Å². The molecule has 112 valence electrons. The third kappa shape index (κ3) is 1.67. The molecule has 23 heavy (non-hydrogen) atoms. The van der Waals surface area contributed by atoms with E-state index in [0.717, 1.165) is 4.47 Å². The van der Waals surface area contributed by atoms with Crippen LogP contribution in [0.15, 0.2) is 59.1 Å². The zero-order valence-electron chi connectivity index (χ0n) is 13.1. The lowest BCUT2D eigenvalue weighted by molar-refractivity contribution is 0.661. The van der Waals surface area contributed by atoms with Gasteiger partial charge in [-0.25, -0.2) is 0 Å². The first kappa shape index (κ1) is 13.4. The van der Waals surface area contributed by atoms with E-state index in [9.17, 15) is 0 Å². The Kier molecular flexibility index (Phi) is 2.48. The normalized spacial score (nSPS) is 15.1. The van der Waals surface area contributed by atoms with Crippen molar-refractivity contribution in [2.75, 3.05) is 0 Å². The summed E-state index contributed by atoms with van der Waals surface area (Å²) in [5.41, 5.74) is 7.99. The summed E-state index contributed by atoms with van der Waals surface area (Å²) < 4.78 is 1.15. The van der Waals surface area contributed by atoms with Gasteiger partial charge >= 0.3 is 0 Å². The monoisotopic (exact) mass is 361 g/mol. The van der Waals surface area contributed by atoms with E-state index in [1.165, 1.54) is 44.1 Å². The van der Waals surface area contributed by atoms with Crippen molar-refractivity contribution >= 4 is 37.7 Å². The van der Waals surface area contributed by atoms with Crippen LogP contribution < -0.4 is 0 Å². The topological polar surface area (TPSA) is 15.8 Å². The molecule has 0 unspecified atom stereocenters. The smallest absolute Gasteiger partial charge is 0.0471 e. The molecular formula is C21H16BrN. The average Bonchev–Trinajstić information content (AvgIpc) is 3.00. The first-order valence-corrected chi connectivity index (χ1v) is 8.70. The molecule has 1 heterocycles. The van der Waals surface area contributed by atoms with E-state index in [1.807, 2.05) is 0 Å². The Hall–Kier alpha value is -2.06. The molecule has 0 saturated heterocycles. The maximum Gasteiger partial charge on any atom is 0.0471 e. The lowest BCUT2D eigenvalue weighted by Gasteiger charge is -2.21. The van der Waals surface area contributed by atoms with Crippen LogP contribution in [0, 0.1) is 0 Å². The SMILES string of the molecule is CC1(C)c2cc(Br)ccc2-c2cc3[nH]c4ccccc4c3cc21. The molecule has 0 bridgehead atoms. The molecule has 5 rings (SSSR count). The van der Waals surface area contributed by atoms with Crippen molar-refractivity contribution in [2.24, 2.45) is 0 Å². The summed E-state index contributed by atoms with van der Waals surface area (Å²) in [6.07, 6.45) is 0. The van der Waals surface area contributed by atoms with Gasteiger partial charge in [0.1, 0.15) is 0 Å². The Labute approximate surface area is 143 Å². The second kappa shape index (κ2) is 4.27. The fourth-order valence-electron chi connectivity index (χ4n) is 4.05. The molecule has 1 aliphatic carbocycles. The van der Waals surface area contributed by atoms with Crippen molar-refractivity contribution in [2.45, 2.75) is 19.3 Å². The number of aromatic nitrogens is 1. The predicted molar refractivity (Wildman–Crippen MR) is 101 cm³/mol. The van der Waals surface area contributed by atoms with Crippen molar-refractivity contribution < 1.29 is 0 Å². The summed E-state index contributed by atoms with van der Waals surface area (Å²) in [7, 11) is 0. The number of benzene rings is 3. The summed E-state index contributed by atoms with van der Waals surface area (Å²) >= 11 is 3.62. The van der Waals surface area contributed by atoms with Crippen LogP contribution in [0.25, 0.3) is 32.9 Å². The summed E-state index contributed by atoms with van der Waals surface area (Å²) in [5.74, 6) is 0. The standard InChI is InChI=1S/C21H16BrN/c1-21(2)17-9-12(22)7-8-13(17)15-11-20-16(10-18(15)21)14-5-3-4-6-19(14)23-20/h3-11,23H,1-2H3. The van der Waals surface area contributed by atoms with Crippen LogP contribution in [-0.4, -0.2) is 4.98 Å². The maximum atomic E-state index is 3.62. The van der Waals surface area contributed by atoms with Gasteiger partial charge in [-0.2, -0.15) is 0 Å². The van der Waals surface area contributed by atoms with Gasteiger partial charge in [0, 0.05) is 31.7 Å². The molecule has 1 nitrogen and oxygen atoms in total. The second-order valence-corrected chi connectivity index (χ2v) is 7.84. The van der Waals surface area contributed by atoms with Crippen LogP contribution in [0.5, 0.6) is 0 Å². The molecule has 1 aliphatic rings. The quantitative estimate of drug-likeness (QED) is 0.373. The number of rotatable bonds is 0. The van der Waals surface area contributed by atoms with Crippen molar-refractivity contribution in [3.05, 3.63) is 70.2 Å². The first-order chi connectivity index (χ1) is 11.1. The maximum absolute atomic E-state index is 3.62. The molecule has 1 aromatic heterocycles. The van der Waals surface area contributed by atoms with Gasteiger partial charge in [-0.1, -0.05) is 54.0 Å². The molecule has 0 radical (unpaired) electrons. The van der Waals surface area contributed by atoms with Crippen LogP contribution in [-0.2, 0) is 5.41 Å². The molecule has 3 aromatic carbocycles. The Bertz CT molecular complexity index is 1100. The fourth-order valence-corrected chi connectivity index (χ4v) is 4.41. The van der Waals surface area contributed by atoms with Gasteiger partial charge in [-0.15, -0.1) is 0 Å². The van der Waals surface area contributed by atoms with E-state index in [2.05, 4.69) is 89.4 Å². The molecular weight excluding hydrogens is 346 g/mol. The van der Waals surface area contributed by atoms with Gasteiger partial charge in [-0.05, 0) is 52.6 Å². The molecule has 0 atom stereocenters. The van der Waals surface area contributed by atoms with E-state index in [1.54, 1.807) is 0 Å². The predicted octanol–water partition coefficient (Wildman–Crippen LogP) is 6.39. The second-order valence-electron chi connectivity index (χ2n) is 6.93. The molecule has 0 aliphatic heterocycles. The number of hydrogen-bond donors (Lipinski definition) is 1. The molecule has 1 N–H and O–H groups in total. The zero-order valence-corrected chi connectivity index (χ0v) is 14.7. The van der Waals surface area contributed by atoms with Gasteiger partial charge in [0.15, 0.2) is 0 Å². The zero-order chi connectivity index (χ0) is 15.8. The van der Waals surface area contributed by atoms with Crippen LogP contribution >= 0.6 is 15.9 Å². The van der Waals surface area contributed by atoms with Crippen molar-refractivity contribution in [3.63, 3.8) is 0 Å². The van der Waals surface area contributed by atoms with E-state index in [4.69, 9.17) is 0 Å². The first-order valence-electron chi connectivity index (χ1n) is 7.91. The summed E-state index contributed by atoms with van der Waals surface area (Å²) in [6, 6.07) is 19.9. The van der Waals surface area contributed by atoms with Crippen LogP contribution in [0.3, 0.4) is 0 Å². The molecule has 0 spiro atoms. The van der Waals surface area contributed by atoms with Gasteiger partial charge in [0.25, 0.3) is 0 Å². The lowest BCUT2D eigenvalue weighted by atomic mass is 9.82. The lowest BCUT2D eigenvalue weighted by Crippen LogP contribution is -2.14. The minimum absolute atomic E-state index is 0.0288. The average molecular weight is 362 g/mol. The van der Waals surface area contributed by atoms with Crippen LogP contribution in [0.4, 0.5) is 0 Å². The van der Waals surface area contributed by atoms with Crippen LogP contribution in [0.1, 0.15) is 25.0 Å². The highest BCUT2D eigenvalue weighted by atomic mass is 79.9. The summed E-state index contributed by atoms with van der Waals surface area (Å²) in [4.78, 5) is 3.57. The van der Waals surface area contributed by atoms with Crippen LogP contribution in [0.2, 0.25) is 0 Å². The highest BCUT2D eigenvalue weighted by Crippen LogP contribution is 2.50. The molecule has 0 fully saturated rings. The number of H-pyrrole nitrogens is 1. The number of hydrogen-bond acceptors (Lipinski definition) is 0. The molecule has 0 saturated carbocycles. The number of nitrogens with one attached hydrogen (secondary N) is 1. The van der Waals surface area contributed by atoms with Gasteiger partial charge in [0.05, 0.1) is 0 Å². The largest absolute Gasteiger partial charge is 0.354 e. The number of halogens is 1. The number of para-hydroxylation sites is 1. The summed E-state index contributed by atoms with van der Waals surface area (Å²) in [5, 5.41) is 2.62. The van der Waals surface area contributed by atoms with Gasteiger partial charge < -0.3 is 4.98 Å². The van der Waals surface area contributed by atoms with Gasteiger partial charge in [-0.3, -0.25) is 0 Å². The highest BCUT2D eigenvalue weighted by molar-refractivity contribution is 9.10. The minimum atomic E-state index is 0.0288. The molecule has 0 amide bonds. The number of aromatic amines is 1. The third-order valence-corrected chi connectivity index (χ3v) is 5.76. The van der Waals surface area contributed by atoms with E-state index in [-0.39, 0.29) is 5.41 Å². The third-order valence-electron chi connectivity index (χ3n) is 5.26. The highest BCUT2D eigenvalue weighted by Gasteiger charge is 2.36. The van der Waals surface area contributed by atoms with E-state index < -0.39 is 0 Å². The van der Waals surface area contributed by atoms with Crippen molar-refractivity contribution in [3.8, 4) is 11.1 Å². The van der Waals surface area contributed by atoms with E-state index >= 15 is 0 Å². The van der Waals surface area contributed by atoms with Crippen molar-refractivity contribution in [1.82, 2.24) is 4.98 Å². The fraction of sp³-hybridized carbons (Fsp3) is 0.143. The Morgan fingerprint density at radius 3 is 2.43 bits per heavy atom. The molecule has 4 aromatic rings.